The lowest BCUT2D eigenvalue weighted by atomic mass is 9.89. The van der Waals surface area contributed by atoms with Crippen LogP contribution in [0.1, 0.15) is 25.7 Å². The second-order valence-electron chi connectivity index (χ2n) is 3.88. The molecular weight excluding hydrogens is 250 g/mol. The van der Waals surface area contributed by atoms with Crippen LogP contribution < -0.4 is 0 Å². The third-order valence-corrected chi connectivity index (χ3v) is 3.40. The van der Waals surface area contributed by atoms with Crippen molar-refractivity contribution >= 4 is 22.1 Å². The van der Waals surface area contributed by atoms with Crippen molar-refractivity contribution in [2.24, 2.45) is 0 Å². The molecule has 0 aromatic heterocycles. The van der Waals surface area contributed by atoms with Crippen molar-refractivity contribution in [1.82, 2.24) is 0 Å². The molecule has 2 rings (SSSR count). The molecule has 0 bridgehead atoms. The highest BCUT2D eigenvalue weighted by Gasteiger charge is 2.11. The summed E-state index contributed by atoms with van der Waals surface area (Å²) in [6, 6.07) is 0. The molecule has 2 aliphatic carbocycles. The zero-order valence-electron chi connectivity index (χ0n) is 8.59. The van der Waals surface area contributed by atoms with E-state index in [1.54, 1.807) is 0 Å². The van der Waals surface area contributed by atoms with Crippen molar-refractivity contribution in [1.29, 1.82) is 5.41 Å². The highest BCUT2D eigenvalue weighted by atomic mass is 79.9. The zero-order chi connectivity index (χ0) is 10.7. The van der Waals surface area contributed by atoms with Gasteiger partial charge in [-0.3, -0.25) is 0 Å². The Hall–Kier alpha value is -0.890. The van der Waals surface area contributed by atoms with Gasteiger partial charge in [-0.1, -0.05) is 34.2 Å². The standard InChI is InChI=1S/C13H14BrN/c14-13-3-1-2-12(8-13)11-6-4-10(9-15)5-7-11/h3-4,6,8-9,15H,1-2,5,7H2. The van der Waals surface area contributed by atoms with Gasteiger partial charge in [-0.15, -0.1) is 0 Å². The number of hydrogen-bond donors (Lipinski definition) is 1. The Kier molecular flexibility index (Phi) is 3.37. The summed E-state index contributed by atoms with van der Waals surface area (Å²) in [4.78, 5) is 0. The summed E-state index contributed by atoms with van der Waals surface area (Å²) in [5.74, 6) is 0. The van der Waals surface area contributed by atoms with Gasteiger partial charge in [0.25, 0.3) is 0 Å². The number of nitrogens with one attached hydrogen (secondary N) is 1. The summed E-state index contributed by atoms with van der Waals surface area (Å²) in [5.41, 5.74) is 4.01. The maximum atomic E-state index is 7.19. The number of allylic oxidation sites excluding steroid dienone is 8. The lowest BCUT2D eigenvalue weighted by Gasteiger charge is -2.17. The van der Waals surface area contributed by atoms with E-state index >= 15 is 0 Å². The van der Waals surface area contributed by atoms with Crippen LogP contribution in [0.2, 0.25) is 0 Å². The fraction of sp³-hybridized carbons (Fsp3) is 0.308. The van der Waals surface area contributed by atoms with E-state index < -0.39 is 0 Å². The van der Waals surface area contributed by atoms with Crippen LogP contribution in [0.5, 0.6) is 0 Å². The van der Waals surface area contributed by atoms with Gasteiger partial charge in [0.05, 0.1) is 0 Å². The SMILES string of the molecule is N=CC1=CC=C(C2=CC(Br)=CCC2)CC1. The summed E-state index contributed by atoms with van der Waals surface area (Å²) >= 11 is 3.53. The lowest BCUT2D eigenvalue weighted by Crippen LogP contribution is -1.99. The molecule has 0 spiro atoms. The van der Waals surface area contributed by atoms with Gasteiger partial charge in [0.1, 0.15) is 0 Å². The Labute approximate surface area is 98.9 Å². The summed E-state index contributed by atoms with van der Waals surface area (Å²) < 4.78 is 1.20. The molecule has 0 aliphatic heterocycles. The molecule has 0 unspecified atom stereocenters. The zero-order valence-corrected chi connectivity index (χ0v) is 10.2. The molecule has 0 heterocycles. The fourth-order valence-electron chi connectivity index (χ4n) is 1.96. The van der Waals surface area contributed by atoms with Crippen molar-refractivity contribution in [3.8, 4) is 0 Å². The molecule has 1 nitrogen and oxygen atoms in total. The maximum Gasteiger partial charge on any atom is 0.0209 e. The van der Waals surface area contributed by atoms with E-state index in [2.05, 4.69) is 40.2 Å². The van der Waals surface area contributed by atoms with Gasteiger partial charge < -0.3 is 5.41 Å². The molecule has 0 saturated carbocycles. The molecular formula is C13H14BrN. The van der Waals surface area contributed by atoms with E-state index in [4.69, 9.17) is 5.41 Å². The third-order valence-electron chi connectivity index (χ3n) is 2.84. The number of hydrogen-bond acceptors (Lipinski definition) is 1. The number of rotatable bonds is 2. The van der Waals surface area contributed by atoms with Gasteiger partial charge in [0.2, 0.25) is 0 Å². The predicted molar refractivity (Wildman–Crippen MR) is 68.5 cm³/mol. The Balaban J connectivity index is 2.19. The van der Waals surface area contributed by atoms with Crippen LogP contribution in [0.15, 0.2) is 45.5 Å². The first-order chi connectivity index (χ1) is 7.29. The molecule has 2 aliphatic rings. The molecule has 0 aromatic rings. The Morgan fingerprint density at radius 2 is 2.00 bits per heavy atom. The first kappa shape index (κ1) is 10.6. The summed E-state index contributed by atoms with van der Waals surface area (Å²) in [6.07, 6.45) is 14.5. The third kappa shape index (κ3) is 2.57. The van der Waals surface area contributed by atoms with Crippen LogP contribution >= 0.6 is 15.9 Å². The van der Waals surface area contributed by atoms with Gasteiger partial charge >= 0.3 is 0 Å². The average molecular weight is 264 g/mol. The minimum Gasteiger partial charge on any atom is -0.308 e. The van der Waals surface area contributed by atoms with Crippen molar-refractivity contribution in [3.63, 3.8) is 0 Å². The van der Waals surface area contributed by atoms with Crippen molar-refractivity contribution < 1.29 is 0 Å². The summed E-state index contributed by atoms with van der Waals surface area (Å²) in [6.45, 7) is 0. The van der Waals surface area contributed by atoms with Crippen LogP contribution in [-0.4, -0.2) is 6.21 Å². The molecule has 0 amide bonds. The molecule has 0 radical (unpaired) electrons. The maximum absolute atomic E-state index is 7.19. The highest BCUT2D eigenvalue weighted by molar-refractivity contribution is 9.11. The molecule has 0 fully saturated rings. The van der Waals surface area contributed by atoms with Crippen LogP contribution in [0, 0.1) is 5.41 Å². The van der Waals surface area contributed by atoms with E-state index in [-0.39, 0.29) is 0 Å². The Morgan fingerprint density at radius 1 is 1.13 bits per heavy atom. The van der Waals surface area contributed by atoms with E-state index in [0.717, 1.165) is 31.3 Å². The van der Waals surface area contributed by atoms with Gasteiger partial charge in [-0.05, 0) is 48.5 Å². The largest absolute Gasteiger partial charge is 0.308 e. The van der Waals surface area contributed by atoms with E-state index in [1.807, 2.05) is 0 Å². The minimum absolute atomic E-state index is 1.01. The van der Waals surface area contributed by atoms with E-state index in [0.29, 0.717) is 0 Å². The summed E-state index contributed by atoms with van der Waals surface area (Å²) in [5, 5.41) is 7.19. The average Bonchev–Trinajstić information content (AvgIpc) is 2.29. The van der Waals surface area contributed by atoms with Crippen LogP contribution in [0.4, 0.5) is 0 Å². The van der Waals surface area contributed by atoms with Gasteiger partial charge in [0, 0.05) is 10.7 Å². The topological polar surface area (TPSA) is 23.9 Å². The second-order valence-corrected chi connectivity index (χ2v) is 4.79. The molecule has 78 valence electrons. The van der Waals surface area contributed by atoms with Crippen LogP contribution in [0.3, 0.4) is 0 Å². The molecule has 0 atom stereocenters. The quantitative estimate of drug-likeness (QED) is 0.720. The normalized spacial score (nSPS) is 21.1. The van der Waals surface area contributed by atoms with Gasteiger partial charge in [0.15, 0.2) is 0 Å². The first-order valence-corrected chi connectivity index (χ1v) is 6.05. The van der Waals surface area contributed by atoms with Crippen molar-refractivity contribution in [2.75, 3.05) is 0 Å². The first-order valence-electron chi connectivity index (χ1n) is 5.26. The van der Waals surface area contributed by atoms with Crippen LogP contribution in [0.25, 0.3) is 0 Å². The van der Waals surface area contributed by atoms with E-state index in [9.17, 15) is 0 Å². The molecule has 2 heteroatoms. The molecule has 0 aromatic carbocycles. The van der Waals surface area contributed by atoms with Crippen molar-refractivity contribution in [3.05, 3.63) is 45.5 Å². The van der Waals surface area contributed by atoms with E-state index in [1.165, 1.54) is 21.8 Å². The fourth-order valence-corrected chi connectivity index (χ4v) is 2.46. The molecule has 1 N–H and O–H groups in total. The number of halogens is 1. The molecule has 0 saturated heterocycles. The lowest BCUT2D eigenvalue weighted by molar-refractivity contribution is 0.887. The second kappa shape index (κ2) is 4.75. The minimum atomic E-state index is 1.01. The highest BCUT2D eigenvalue weighted by Crippen LogP contribution is 2.31. The Morgan fingerprint density at radius 3 is 2.60 bits per heavy atom. The van der Waals surface area contributed by atoms with Gasteiger partial charge in [-0.2, -0.15) is 0 Å². The smallest absolute Gasteiger partial charge is 0.0209 e. The van der Waals surface area contributed by atoms with Gasteiger partial charge in [-0.25, -0.2) is 0 Å². The van der Waals surface area contributed by atoms with Crippen molar-refractivity contribution in [2.45, 2.75) is 25.7 Å². The predicted octanol–water partition coefficient (Wildman–Crippen LogP) is 4.28. The monoisotopic (exact) mass is 263 g/mol. The van der Waals surface area contributed by atoms with Crippen LogP contribution in [-0.2, 0) is 0 Å². The summed E-state index contributed by atoms with van der Waals surface area (Å²) in [7, 11) is 0. The molecule has 15 heavy (non-hydrogen) atoms. The Bertz CT molecular complexity index is 397.